The number of pyridine rings is 3. The zero-order valence-corrected chi connectivity index (χ0v) is 20.7. The summed E-state index contributed by atoms with van der Waals surface area (Å²) in [6.45, 7) is 2.24. The van der Waals surface area contributed by atoms with Crippen molar-refractivity contribution in [2.24, 2.45) is 0 Å². The molecule has 11 heteroatoms. The molecule has 2 N–H and O–H groups in total. The standard InChI is InChI=1S/C26H21N5O5S/c1-3-35-26-23(31-25(37-26)15-5-4-9-27-13-15)24(33)30-22-7-6-16(14-29-22)36-20-8-10-28-18-12-19(32)21(34-2)11-17(18)20/h4-14,32H,3H2,1-2H3,(H,29,30,33). The number of anilines is 1. The second-order valence-electron chi connectivity index (χ2n) is 7.62. The van der Waals surface area contributed by atoms with Crippen LogP contribution in [0.15, 0.2) is 67.3 Å². The number of methoxy groups -OCH3 is 1. The minimum atomic E-state index is -0.442. The second kappa shape index (κ2) is 10.5. The van der Waals surface area contributed by atoms with Crippen LogP contribution in [0.3, 0.4) is 0 Å². The van der Waals surface area contributed by atoms with Crippen molar-refractivity contribution in [2.75, 3.05) is 19.0 Å². The van der Waals surface area contributed by atoms with E-state index in [0.29, 0.717) is 50.6 Å². The summed E-state index contributed by atoms with van der Waals surface area (Å²) in [4.78, 5) is 30.1. The highest BCUT2D eigenvalue weighted by atomic mass is 32.1. The molecule has 1 aromatic carbocycles. The Hall–Kier alpha value is -4.77. The predicted molar refractivity (Wildman–Crippen MR) is 139 cm³/mol. The van der Waals surface area contributed by atoms with Gasteiger partial charge in [0.1, 0.15) is 22.3 Å². The number of aromatic nitrogens is 4. The molecule has 1 amide bonds. The van der Waals surface area contributed by atoms with Crippen LogP contribution in [-0.4, -0.2) is 44.7 Å². The number of carbonyl (C=O) groups excluding carboxylic acids is 1. The van der Waals surface area contributed by atoms with Crippen molar-refractivity contribution < 1.29 is 24.1 Å². The number of thiazole rings is 1. The topological polar surface area (TPSA) is 129 Å². The van der Waals surface area contributed by atoms with E-state index in [1.54, 1.807) is 48.9 Å². The molecule has 37 heavy (non-hydrogen) atoms. The van der Waals surface area contributed by atoms with Crippen molar-refractivity contribution in [3.63, 3.8) is 0 Å². The van der Waals surface area contributed by atoms with Crippen LogP contribution in [0.2, 0.25) is 0 Å². The Bertz CT molecular complexity index is 1560. The molecule has 4 heterocycles. The van der Waals surface area contributed by atoms with Crippen molar-refractivity contribution in [1.82, 2.24) is 19.9 Å². The fraction of sp³-hybridized carbons (Fsp3) is 0.115. The van der Waals surface area contributed by atoms with E-state index < -0.39 is 5.91 Å². The number of phenolic OH excluding ortho intramolecular Hbond substituents is 1. The van der Waals surface area contributed by atoms with E-state index in [2.05, 4.69) is 25.3 Å². The number of rotatable bonds is 8. The molecule has 0 saturated heterocycles. The molecule has 0 fully saturated rings. The molecule has 0 atom stereocenters. The lowest BCUT2D eigenvalue weighted by Gasteiger charge is -2.11. The molecule has 4 aromatic heterocycles. The number of aromatic hydroxyl groups is 1. The van der Waals surface area contributed by atoms with E-state index in [-0.39, 0.29) is 11.4 Å². The number of fused-ring (bicyclic) bond motifs is 1. The Morgan fingerprint density at radius 1 is 1.08 bits per heavy atom. The maximum absolute atomic E-state index is 13.0. The minimum absolute atomic E-state index is 0.0124. The Labute approximate surface area is 215 Å². The van der Waals surface area contributed by atoms with Crippen molar-refractivity contribution in [3.8, 4) is 38.6 Å². The van der Waals surface area contributed by atoms with Gasteiger partial charge < -0.3 is 24.6 Å². The first-order valence-corrected chi connectivity index (χ1v) is 12.0. The van der Waals surface area contributed by atoms with E-state index in [4.69, 9.17) is 14.2 Å². The molecule has 0 bridgehead atoms. The summed E-state index contributed by atoms with van der Waals surface area (Å²) in [5, 5.41) is 14.5. The maximum Gasteiger partial charge on any atom is 0.280 e. The summed E-state index contributed by atoms with van der Waals surface area (Å²) < 4.78 is 16.8. The SMILES string of the molecule is CCOc1sc(-c2cccnc2)nc1C(=O)Nc1ccc(Oc2ccnc3cc(O)c(OC)cc23)cn1. The van der Waals surface area contributed by atoms with Gasteiger partial charge in [0.25, 0.3) is 5.91 Å². The van der Waals surface area contributed by atoms with Gasteiger partial charge in [-0.3, -0.25) is 14.8 Å². The molecule has 0 aliphatic carbocycles. The van der Waals surface area contributed by atoms with Crippen LogP contribution in [-0.2, 0) is 0 Å². The van der Waals surface area contributed by atoms with E-state index >= 15 is 0 Å². The largest absolute Gasteiger partial charge is 0.504 e. The zero-order chi connectivity index (χ0) is 25.8. The first-order chi connectivity index (χ1) is 18.1. The predicted octanol–water partition coefficient (Wildman–Crippen LogP) is 5.31. The van der Waals surface area contributed by atoms with Crippen LogP contribution in [0.25, 0.3) is 21.5 Å². The average molecular weight is 516 g/mol. The third-order valence-corrected chi connectivity index (χ3v) is 6.22. The lowest BCUT2D eigenvalue weighted by atomic mass is 10.2. The van der Waals surface area contributed by atoms with Gasteiger partial charge in [0.2, 0.25) is 5.06 Å². The number of benzene rings is 1. The fourth-order valence-corrected chi connectivity index (χ4v) is 4.46. The number of hydrogen-bond acceptors (Lipinski definition) is 10. The third-order valence-electron chi connectivity index (χ3n) is 5.20. The molecule has 10 nitrogen and oxygen atoms in total. The highest BCUT2D eigenvalue weighted by molar-refractivity contribution is 7.17. The Morgan fingerprint density at radius 3 is 2.70 bits per heavy atom. The first kappa shape index (κ1) is 23.9. The minimum Gasteiger partial charge on any atom is -0.504 e. The summed E-state index contributed by atoms with van der Waals surface area (Å²) in [5.74, 6) is 1.13. The van der Waals surface area contributed by atoms with E-state index in [9.17, 15) is 9.90 Å². The van der Waals surface area contributed by atoms with Crippen LogP contribution in [0.1, 0.15) is 17.4 Å². The summed E-state index contributed by atoms with van der Waals surface area (Å²) in [6, 6.07) is 11.8. The van der Waals surface area contributed by atoms with Gasteiger partial charge in [0.15, 0.2) is 17.2 Å². The maximum atomic E-state index is 13.0. The number of carbonyl (C=O) groups is 1. The molecular formula is C26H21N5O5S. The quantitative estimate of drug-likeness (QED) is 0.283. The summed E-state index contributed by atoms with van der Waals surface area (Å²) in [6.07, 6.45) is 6.42. The van der Waals surface area contributed by atoms with Crippen molar-refractivity contribution in [2.45, 2.75) is 6.92 Å². The number of hydrogen-bond donors (Lipinski definition) is 2. The Morgan fingerprint density at radius 2 is 1.97 bits per heavy atom. The summed E-state index contributed by atoms with van der Waals surface area (Å²) in [7, 11) is 1.47. The van der Waals surface area contributed by atoms with Gasteiger partial charge in [-0.05, 0) is 43.3 Å². The van der Waals surface area contributed by atoms with Gasteiger partial charge in [-0.25, -0.2) is 9.97 Å². The number of phenols is 1. The Balaban J connectivity index is 1.34. The van der Waals surface area contributed by atoms with Crippen molar-refractivity contribution in [3.05, 3.63) is 72.9 Å². The van der Waals surface area contributed by atoms with Crippen LogP contribution in [0, 0.1) is 0 Å². The van der Waals surface area contributed by atoms with Crippen molar-refractivity contribution >= 4 is 34.0 Å². The summed E-state index contributed by atoms with van der Waals surface area (Å²) in [5.41, 5.74) is 1.52. The van der Waals surface area contributed by atoms with E-state index in [0.717, 1.165) is 5.56 Å². The Kier molecular flexibility index (Phi) is 6.77. The molecule has 5 aromatic rings. The number of nitrogens with one attached hydrogen (secondary N) is 1. The van der Waals surface area contributed by atoms with Crippen molar-refractivity contribution in [1.29, 1.82) is 0 Å². The molecule has 0 saturated carbocycles. The molecule has 186 valence electrons. The first-order valence-electron chi connectivity index (χ1n) is 11.2. The second-order valence-corrected chi connectivity index (χ2v) is 8.58. The molecule has 0 aliphatic heterocycles. The summed E-state index contributed by atoms with van der Waals surface area (Å²) >= 11 is 1.28. The lowest BCUT2D eigenvalue weighted by molar-refractivity contribution is 0.101. The lowest BCUT2D eigenvalue weighted by Crippen LogP contribution is -2.14. The molecule has 0 unspecified atom stereocenters. The molecule has 0 aliphatic rings. The molecular weight excluding hydrogens is 494 g/mol. The molecule has 0 spiro atoms. The van der Waals surface area contributed by atoms with Crippen LogP contribution < -0.4 is 19.5 Å². The fourth-order valence-electron chi connectivity index (χ4n) is 3.50. The van der Waals surface area contributed by atoms with Crippen LogP contribution in [0.4, 0.5) is 5.82 Å². The van der Waals surface area contributed by atoms with Gasteiger partial charge in [0, 0.05) is 35.6 Å². The van der Waals surface area contributed by atoms with Gasteiger partial charge in [-0.1, -0.05) is 11.3 Å². The van der Waals surface area contributed by atoms with Gasteiger partial charge in [0.05, 0.1) is 25.4 Å². The van der Waals surface area contributed by atoms with Crippen LogP contribution in [0.5, 0.6) is 28.1 Å². The smallest absolute Gasteiger partial charge is 0.280 e. The number of nitrogens with zero attached hydrogens (tertiary/aromatic N) is 4. The highest BCUT2D eigenvalue weighted by Gasteiger charge is 2.21. The average Bonchev–Trinajstić information content (AvgIpc) is 3.34. The zero-order valence-electron chi connectivity index (χ0n) is 19.8. The number of amides is 1. The number of ether oxygens (including phenoxy) is 3. The van der Waals surface area contributed by atoms with Crippen LogP contribution >= 0.6 is 11.3 Å². The third kappa shape index (κ3) is 5.11. The van der Waals surface area contributed by atoms with E-state index in [1.165, 1.54) is 30.7 Å². The van der Waals surface area contributed by atoms with Gasteiger partial charge in [-0.2, -0.15) is 0 Å². The molecule has 0 radical (unpaired) electrons. The normalized spacial score (nSPS) is 10.8. The van der Waals surface area contributed by atoms with E-state index in [1.807, 2.05) is 13.0 Å². The van der Waals surface area contributed by atoms with Gasteiger partial charge in [-0.15, -0.1) is 0 Å². The highest BCUT2D eigenvalue weighted by Crippen LogP contribution is 2.37. The monoisotopic (exact) mass is 515 g/mol. The van der Waals surface area contributed by atoms with Gasteiger partial charge >= 0.3 is 0 Å². The molecule has 5 rings (SSSR count).